The van der Waals surface area contributed by atoms with Gasteiger partial charge in [0.05, 0.1) is 5.69 Å². The van der Waals surface area contributed by atoms with Crippen molar-refractivity contribution in [3.8, 4) is 11.5 Å². The molecule has 29 heavy (non-hydrogen) atoms. The molecule has 7 heteroatoms. The summed E-state index contributed by atoms with van der Waals surface area (Å²) in [7, 11) is 0. The molecule has 0 amide bonds. The van der Waals surface area contributed by atoms with E-state index in [0.717, 1.165) is 54.5 Å². The van der Waals surface area contributed by atoms with Gasteiger partial charge in [-0.25, -0.2) is 9.67 Å². The number of H-pyrrole nitrogens is 2. The van der Waals surface area contributed by atoms with E-state index in [9.17, 15) is 0 Å². The molecule has 0 bridgehead atoms. The molecule has 0 aliphatic heterocycles. The zero-order valence-electron chi connectivity index (χ0n) is 18.0. The third-order valence-electron chi connectivity index (χ3n) is 5.33. The van der Waals surface area contributed by atoms with Crippen LogP contribution in [0.2, 0.25) is 0 Å². The molecule has 0 radical (unpaired) electrons. The molecule has 0 aromatic carbocycles. The zero-order chi connectivity index (χ0) is 20.3. The molecule has 0 aliphatic carbocycles. The first-order valence-electron chi connectivity index (χ1n) is 11.2. The van der Waals surface area contributed by atoms with Crippen LogP contribution in [0, 0.1) is 6.92 Å². The van der Waals surface area contributed by atoms with Crippen LogP contribution in [0.25, 0.3) is 11.5 Å². The Morgan fingerprint density at radius 2 is 1.69 bits per heavy atom. The quantitative estimate of drug-likeness (QED) is 0.374. The van der Waals surface area contributed by atoms with Crippen LogP contribution < -0.4 is 0 Å². The summed E-state index contributed by atoms with van der Waals surface area (Å²) >= 11 is 0. The second kappa shape index (κ2) is 11.5. The normalized spacial score (nSPS) is 11.4. The van der Waals surface area contributed by atoms with Crippen LogP contribution in [0.15, 0.2) is 18.3 Å². The van der Waals surface area contributed by atoms with E-state index >= 15 is 0 Å². The molecule has 0 saturated heterocycles. The molecule has 0 aliphatic rings. The molecule has 3 aromatic rings. The molecule has 0 spiro atoms. The van der Waals surface area contributed by atoms with Gasteiger partial charge in [0.15, 0.2) is 5.82 Å². The van der Waals surface area contributed by atoms with Crippen molar-refractivity contribution in [2.45, 2.75) is 91.0 Å². The summed E-state index contributed by atoms with van der Waals surface area (Å²) in [6, 6.07) is 4.01. The van der Waals surface area contributed by atoms with Gasteiger partial charge in [0.25, 0.3) is 0 Å². The number of unbranched alkanes of at least 4 members (excludes halogenated alkanes) is 8. The largest absolute Gasteiger partial charge is 0.283 e. The Balaban J connectivity index is 1.49. The lowest BCUT2D eigenvalue weighted by molar-refractivity contribution is 0.504. The Bertz CT molecular complexity index is 816. The lowest BCUT2D eigenvalue weighted by Gasteiger charge is -2.06. The van der Waals surface area contributed by atoms with E-state index in [1.807, 2.05) is 13.0 Å². The highest BCUT2D eigenvalue weighted by Gasteiger charge is 2.13. The summed E-state index contributed by atoms with van der Waals surface area (Å²) in [6.07, 6.45) is 15.4. The molecular weight excluding hydrogens is 362 g/mol. The molecule has 0 atom stereocenters. The maximum absolute atomic E-state index is 4.77. The number of rotatable bonds is 14. The summed E-state index contributed by atoms with van der Waals surface area (Å²) in [6.45, 7) is 5.22. The predicted molar refractivity (Wildman–Crippen MR) is 116 cm³/mol. The number of aryl methyl sites for hydroxylation is 4. The van der Waals surface area contributed by atoms with E-state index in [1.165, 1.54) is 51.4 Å². The monoisotopic (exact) mass is 397 g/mol. The smallest absolute Gasteiger partial charge is 0.199 e. The number of hydrogen-bond donors (Lipinski definition) is 2. The van der Waals surface area contributed by atoms with Crippen molar-refractivity contribution < 1.29 is 0 Å². The number of nitrogens with zero attached hydrogens (tertiary/aromatic N) is 5. The maximum atomic E-state index is 4.77. The van der Waals surface area contributed by atoms with Crippen LogP contribution in [-0.4, -0.2) is 35.2 Å². The fourth-order valence-electron chi connectivity index (χ4n) is 3.65. The molecule has 3 heterocycles. The summed E-state index contributed by atoms with van der Waals surface area (Å²) in [5.41, 5.74) is 3.03. The van der Waals surface area contributed by atoms with Gasteiger partial charge in [0.1, 0.15) is 11.5 Å². The second-order valence-electron chi connectivity index (χ2n) is 7.92. The van der Waals surface area contributed by atoms with Crippen molar-refractivity contribution in [2.24, 2.45) is 0 Å². The minimum absolute atomic E-state index is 0.728. The first kappa shape index (κ1) is 21.3. The molecule has 0 saturated carbocycles. The molecule has 3 aromatic heterocycles. The average Bonchev–Trinajstić information content (AvgIpc) is 3.46. The zero-order valence-corrected chi connectivity index (χ0v) is 18.0. The van der Waals surface area contributed by atoms with E-state index in [1.54, 1.807) is 6.20 Å². The molecule has 7 nitrogen and oxygen atoms in total. The Labute approximate surface area is 173 Å². The van der Waals surface area contributed by atoms with Gasteiger partial charge < -0.3 is 0 Å². The highest BCUT2D eigenvalue weighted by molar-refractivity contribution is 5.47. The fraction of sp³-hybridized carbons (Fsp3) is 0.636. The lowest BCUT2D eigenvalue weighted by Crippen LogP contribution is -2.07. The van der Waals surface area contributed by atoms with Gasteiger partial charge in [-0.3, -0.25) is 10.2 Å². The van der Waals surface area contributed by atoms with E-state index in [0.29, 0.717) is 0 Å². The van der Waals surface area contributed by atoms with Crippen LogP contribution in [0.5, 0.6) is 0 Å². The maximum Gasteiger partial charge on any atom is 0.199 e. The van der Waals surface area contributed by atoms with Crippen molar-refractivity contribution >= 4 is 0 Å². The van der Waals surface area contributed by atoms with Crippen molar-refractivity contribution in [2.75, 3.05) is 0 Å². The predicted octanol–water partition coefficient (Wildman–Crippen LogP) is 5.02. The molecule has 0 fully saturated rings. The van der Waals surface area contributed by atoms with Crippen LogP contribution in [0.4, 0.5) is 0 Å². The topological polar surface area (TPSA) is 88.1 Å². The Morgan fingerprint density at radius 1 is 0.931 bits per heavy atom. The van der Waals surface area contributed by atoms with Gasteiger partial charge in [0.2, 0.25) is 0 Å². The Hall–Kier alpha value is -2.44. The van der Waals surface area contributed by atoms with E-state index in [4.69, 9.17) is 10.1 Å². The van der Waals surface area contributed by atoms with Crippen molar-refractivity contribution in [1.29, 1.82) is 0 Å². The summed E-state index contributed by atoms with van der Waals surface area (Å²) in [5, 5.41) is 19.1. The molecule has 158 valence electrons. The third-order valence-corrected chi connectivity index (χ3v) is 5.33. The van der Waals surface area contributed by atoms with Gasteiger partial charge >= 0.3 is 0 Å². The SMILES string of the molecule is CCCCCCCCCCCn1nc(-c2ccn[nH]2)nc1CCc1cc(C)[nH]n1. The van der Waals surface area contributed by atoms with E-state index in [2.05, 4.69) is 38.1 Å². The molecule has 0 unspecified atom stereocenters. The summed E-state index contributed by atoms with van der Waals surface area (Å²) in [5.74, 6) is 1.75. The van der Waals surface area contributed by atoms with Gasteiger partial charge in [-0.1, -0.05) is 58.3 Å². The number of hydrogen-bond acceptors (Lipinski definition) is 4. The summed E-state index contributed by atoms with van der Waals surface area (Å²) < 4.78 is 2.08. The van der Waals surface area contributed by atoms with Crippen LogP contribution in [-0.2, 0) is 19.4 Å². The van der Waals surface area contributed by atoms with Gasteiger partial charge in [-0.05, 0) is 31.9 Å². The van der Waals surface area contributed by atoms with Crippen LogP contribution >= 0.6 is 0 Å². The summed E-state index contributed by atoms with van der Waals surface area (Å²) in [4.78, 5) is 4.77. The van der Waals surface area contributed by atoms with Crippen molar-refractivity contribution in [3.63, 3.8) is 0 Å². The minimum atomic E-state index is 0.728. The molecule has 3 rings (SSSR count). The Morgan fingerprint density at radius 3 is 2.34 bits per heavy atom. The first-order chi connectivity index (χ1) is 14.3. The fourth-order valence-corrected chi connectivity index (χ4v) is 3.65. The van der Waals surface area contributed by atoms with Crippen LogP contribution in [0.3, 0.4) is 0 Å². The van der Waals surface area contributed by atoms with Crippen LogP contribution in [0.1, 0.15) is 81.9 Å². The second-order valence-corrected chi connectivity index (χ2v) is 7.92. The Kier molecular flexibility index (Phi) is 8.46. The first-order valence-corrected chi connectivity index (χ1v) is 11.2. The third kappa shape index (κ3) is 6.84. The highest BCUT2D eigenvalue weighted by Crippen LogP contribution is 2.15. The van der Waals surface area contributed by atoms with Gasteiger partial charge in [-0.15, -0.1) is 5.10 Å². The lowest BCUT2D eigenvalue weighted by atomic mass is 10.1. The standard InChI is InChI=1S/C22H35N7/c1-3-4-5-6-7-8-9-10-11-16-29-21(13-12-19-17-18(2)25-26-19)24-22(28-29)20-14-15-23-27-20/h14-15,17H,3-13,16H2,1-2H3,(H,23,27)(H,25,26). The van der Waals surface area contributed by atoms with E-state index < -0.39 is 0 Å². The van der Waals surface area contributed by atoms with Gasteiger partial charge in [0, 0.05) is 24.9 Å². The number of nitrogens with one attached hydrogen (secondary N) is 2. The van der Waals surface area contributed by atoms with Crippen molar-refractivity contribution in [3.05, 3.63) is 35.5 Å². The molecule has 2 N–H and O–H groups in total. The van der Waals surface area contributed by atoms with E-state index in [-0.39, 0.29) is 0 Å². The van der Waals surface area contributed by atoms with Crippen molar-refractivity contribution in [1.82, 2.24) is 35.2 Å². The number of aromatic amines is 2. The minimum Gasteiger partial charge on any atom is -0.283 e. The molecular formula is C22H35N7. The highest BCUT2D eigenvalue weighted by atomic mass is 15.4. The van der Waals surface area contributed by atoms with Gasteiger partial charge in [-0.2, -0.15) is 10.2 Å². The number of aromatic nitrogens is 7. The average molecular weight is 398 g/mol.